The lowest BCUT2D eigenvalue weighted by Crippen LogP contribution is -2.43. The van der Waals surface area contributed by atoms with Gasteiger partial charge >= 0.3 is 6.03 Å². The van der Waals surface area contributed by atoms with Crippen molar-refractivity contribution in [3.63, 3.8) is 0 Å². The fraction of sp³-hybridized carbons (Fsp3) is 0.600. The number of urea groups is 1. The molecule has 0 unspecified atom stereocenters. The first-order chi connectivity index (χ1) is 12.9. The molecule has 0 atom stereocenters. The Morgan fingerprint density at radius 3 is 2.85 bits per heavy atom. The molecular formula is C20H31N3O4. The Morgan fingerprint density at radius 2 is 2.15 bits per heavy atom. The molecule has 0 fully saturated rings. The highest BCUT2D eigenvalue weighted by Gasteiger charge is 2.20. The highest BCUT2D eigenvalue weighted by atomic mass is 16.5. The Labute approximate surface area is 161 Å². The van der Waals surface area contributed by atoms with Crippen LogP contribution in [-0.2, 0) is 22.5 Å². The van der Waals surface area contributed by atoms with Crippen LogP contribution in [0.5, 0.6) is 5.75 Å². The fourth-order valence-electron chi connectivity index (χ4n) is 2.91. The number of rotatable bonds is 7. The van der Waals surface area contributed by atoms with Crippen molar-refractivity contribution in [3.8, 4) is 5.75 Å². The van der Waals surface area contributed by atoms with Gasteiger partial charge < -0.3 is 24.6 Å². The molecule has 2 rings (SSSR count). The number of hydrogen-bond donors (Lipinski definition) is 1. The molecule has 1 heterocycles. The second-order valence-electron chi connectivity index (χ2n) is 7.12. The fourth-order valence-corrected chi connectivity index (χ4v) is 2.91. The first kappa shape index (κ1) is 21.0. The van der Waals surface area contributed by atoms with E-state index in [9.17, 15) is 9.59 Å². The number of nitrogens with zero attached hydrogens (tertiary/aromatic N) is 2. The van der Waals surface area contributed by atoms with Gasteiger partial charge in [0.1, 0.15) is 12.4 Å². The highest BCUT2D eigenvalue weighted by Crippen LogP contribution is 2.25. The Morgan fingerprint density at radius 1 is 1.37 bits per heavy atom. The van der Waals surface area contributed by atoms with Crippen LogP contribution in [0.15, 0.2) is 18.2 Å². The van der Waals surface area contributed by atoms with Gasteiger partial charge in [0.05, 0.1) is 19.7 Å². The second kappa shape index (κ2) is 10.2. The molecule has 7 heteroatoms. The Hall–Kier alpha value is -2.28. The van der Waals surface area contributed by atoms with E-state index in [0.717, 1.165) is 16.9 Å². The minimum atomic E-state index is -0.0817. The minimum Gasteiger partial charge on any atom is -0.491 e. The summed E-state index contributed by atoms with van der Waals surface area (Å²) in [5.41, 5.74) is 2.04. The van der Waals surface area contributed by atoms with Crippen LogP contribution in [0.25, 0.3) is 0 Å². The molecule has 0 bridgehead atoms. The number of fused-ring (bicyclic) bond motifs is 1. The third-order valence-corrected chi connectivity index (χ3v) is 4.49. The molecule has 0 radical (unpaired) electrons. The lowest BCUT2D eigenvalue weighted by Gasteiger charge is -2.22. The number of ether oxygens (including phenoxy) is 2. The summed E-state index contributed by atoms with van der Waals surface area (Å²) in [6, 6.07) is 5.98. The van der Waals surface area contributed by atoms with Crippen molar-refractivity contribution in [2.75, 3.05) is 40.5 Å². The maximum atomic E-state index is 12.3. The average Bonchev–Trinajstić information content (AvgIpc) is 2.85. The van der Waals surface area contributed by atoms with Crippen LogP contribution in [0.1, 0.15) is 31.4 Å². The maximum Gasteiger partial charge on any atom is 0.318 e. The van der Waals surface area contributed by atoms with Gasteiger partial charge in [-0.05, 0) is 31.9 Å². The van der Waals surface area contributed by atoms with Gasteiger partial charge in [-0.3, -0.25) is 4.79 Å². The SMILES string of the molecule is COCCN(C)C(=O)CCc1ccc2c(c1)CN(C(=O)NC(C)C)CCO2. The Balaban J connectivity index is 1.99. The lowest BCUT2D eigenvalue weighted by atomic mass is 10.0. The summed E-state index contributed by atoms with van der Waals surface area (Å²) in [4.78, 5) is 28.0. The van der Waals surface area contributed by atoms with E-state index >= 15 is 0 Å². The third kappa shape index (κ3) is 6.43. The van der Waals surface area contributed by atoms with Crippen LogP contribution < -0.4 is 10.1 Å². The van der Waals surface area contributed by atoms with Crippen LogP contribution in [-0.4, -0.2) is 68.2 Å². The molecule has 0 aliphatic carbocycles. The van der Waals surface area contributed by atoms with E-state index in [1.807, 2.05) is 32.0 Å². The lowest BCUT2D eigenvalue weighted by molar-refractivity contribution is -0.130. The Bertz CT molecular complexity index is 648. The predicted octanol–water partition coefficient (Wildman–Crippen LogP) is 2.04. The van der Waals surface area contributed by atoms with Crippen molar-refractivity contribution in [2.24, 2.45) is 0 Å². The van der Waals surface area contributed by atoms with Crippen LogP contribution in [0, 0.1) is 0 Å². The number of aryl methyl sites for hydroxylation is 1. The van der Waals surface area contributed by atoms with E-state index in [4.69, 9.17) is 9.47 Å². The van der Waals surface area contributed by atoms with Gasteiger partial charge in [-0.2, -0.15) is 0 Å². The zero-order chi connectivity index (χ0) is 19.8. The molecule has 150 valence electrons. The highest BCUT2D eigenvalue weighted by molar-refractivity contribution is 5.76. The number of amides is 3. The molecule has 1 aliphatic heterocycles. The average molecular weight is 377 g/mol. The molecule has 0 saturated carbocycles. The first-order valence-corrected chi connectivity index (χ1v) is 9.43. The zero-order valence-electron chi connectivity index (χ0n) is 16.8. The smallest absolute Gasteiger partial charge is 0.318 e. The van der Waals surface area contributed by atoms with Crippen molar-refractivity contribution in [1.82, 2.24) is 15.1 Å². The van der Waals surface area contributed by atoms with Crippen molar-refractivity contribution in [3.05, 3.63) is 29.3 Å². The number of hydrogen-bond acceptors (Lipinski definition) is 4. The van der Waals surface area contributed by atoms with Crippen LogP contribution in [0.3, 0.4) is 0 Å². The number of methoxy groups -OCH3 is 1. The van der Waals surface area contributed by atoms with E-state index in [1.54, 1.807) is 24.0 Å². The summed E-state index contributed by atoms with van der Waals surface area (Å²) in [5, 5.41) is 2.93. The monoisotopic (exact) mass is 377 g/mol. The largest absolute Gasteiger partial charge is 0.491 e. The standard InChI is InChI=1S/C20H31N3O4/c1-15(2)21-20(25)23-10-12-27-18-7-5-16(13-17(18)14-23)6-8-19(24)22(3)9-11-26-4/h5,7,13,15H,6,8-12,14H2,1-4H3,(H,21,25). The van der Waals surface area contributed by atoms with Gasteiger partial charge in [-0.25, -0.2) is 4.79 Å². The van der Waals surface area contributed by atoms with Crippen molar-refractivity contribution < 1.29 is 19.1 Å². The first-order valence-electron chi connectivity index (χ1n) is 9.43. The van der Waals surface area contributed by atoms with Crippen molar-refractivity contribution in [1.29, 1.82) is 0 Å². The number of nitrogens with one attached hydrogen (secondary N) is 1. The summed E-state index contributed by atoms with van der Waals surface area (Å²) in [6.07, 6.45) is 1.10. The summed E-state index contributed by atoms with van der Waals surface area (Å²) >= 11 is 0. The molecule has 1 aromatic rings. The molecule has 0 spiro atoms. The summed E-state index contributed by atoms with van der Waals surface area (Å²) in [7, 11) is 3.41. The molecular weight excluding hydrogens is 346 g/mol. The van der Waals surface area contributed by atoms with Gasteiger partial charge in [0.2, 0.25) is 5.91 Å². The van der Waals surface area contributed by atoms with E-state index in [-0.39, 0.29) is 18.0 Å². The van der Waals surface area contributed by atoms with Gasteiger partial charge in [0.15, 0.2) is 0 Å². The molecule has 0 aromatic heterocycles. The number of carbonyl (C=O) groups is 2. The van der Waals surface area contributed by atoms with Gasteiger partial charge in [0, 0.05) is 38.7 Å². The third-order valence-electron chi connectivity index (χ3n) is 4.49. The predicted molar refractivity (Wildman–Crippen MR) is 104 cm³/mol. The summed E-state index contributed by atoms with van der Waals surface area (Å²) < 4.78 is 10.8. The molecule has 1 N–H and O–H groups in total. The Kier molecular flexibility index (Phi) is 7.91. The number of benzene rings is 1. The van der Waals surface area contributed by atoms with Gasteiger partial charge in [0.25, 0.3) is 0 Å². The van der Waals surface area contributed by atoms with E-state index in [1.165, 1.54) is 0 Å². The minimum absolute atomic E-state index is 0.0817. The van der Waals surface area contributed by atoms with E-state index in [0.29, 0.717) is 45.7 Å². The maximum absolute atomic E-state index is 12.3. The van der Waals surface area contributed by atoms with Crippen molar-refractivity contribution in [2.45, 2.75) is 39.3 Å². The molecule has 1 aromatic carbocycles. The summed E-state index contributed by atoms with van der Waals surface area (Å²) in [6.45, 7) is 6.53. The summed E-state index contributed by atoms with van der Waals surface area (Å²) in [5.74, 6) is 0.901. The van der Waals surface area contributed by atoms with Crippen LogP contribution in [0.2, 0.25) is 0 Å². The van der Waals surface area contributed by atoms with Crippen LogP contribution in [0.4, 0.5) is 4.79 Å². The van der Waals surface area contributed by atoms with Gasteiger partial charge in [-0.1, -0.05) is 12.1 Å². The second-order valence-corrected chi connectivity index (χ2v) is 7.12. The molecule has 1 aliphatic rings. The molecule has 0 saturated heterocycles. The normalized spacial score (nSPS) is 13.6. The number of likely N-dealkylation sites (N-methyl/N-ethyl adjacent to an activating group) is 1. The van der Waals surface area contributed by atoms with E-state index in [2.05, 4.69) is 5.32 Å². The molecule has 3 amide bonds. The van der Waals surface area contributed by atoms with Crippen LogP contribution >= 0.6 is 0 Å². The van der Waals surface area contributed by atoms with E-state index < -0.39 is 0 Å². The molecule has 27 heavy (non-hydrogen) atoms. The topological polar surface area (TPSA) is 71.1 Å². The zero-order valence-corrected chi connectivity index (χ0v) is 16.8. The number of carbonyl (C=O) groups excluding carboxylic acids is 2. The molecule has 7 nitrogen and oxygen atoms in total. The quantitative estimate of drug-likeness (QED) is 0.789. The van der Waals surface area contributed by atoms with Gasteiger partial charge in [-0.15, -0.1) is 0 Å². The van der Waals surface area contributed by atoms with Crippen molar-refractivity contribution >= 4 is 11.9 Å².